The van der Waals surface area contributed by atoms with Crippen molar-refractivity contribution in [2.45, 2.75) is 19.1 Å². The standard InChI is InChI=1S/C5H10N4O3/c1-3(10)4(5(11)12-2)7-9-8-6/h3-4,7,10H,1-2H3. The fourth-order valence-electron chi connectivity index (χ4n) is 0.573. The molecule has 12 heavy (non-hydrogen) atoms. The molecule has 0 aromatic rings. The summed E-state index contributed by atoms with van der Waals surface area (Å²) in [6, 6.07) is -1.02. The SMILES string of the molecule is COC(=O)C(NN=[N+]=[N-])C(C)O. The number of aliphatic hydroxyl groups is 1. The summed E-state index contributed by atoms with van der Waals surface area (Å²) in [4.78, 5) is 13.2. The lowest BCUT2D eigenvalue weighted by Gasteiger charge is -2.12. The lowest BCUT2D eigenvalue weighted by atomic mass is 10.2. The minimum Gasteiger partial charge on any atom is -0.466 e. The van der Waals surface area contributed by atoms with Crippen molar-refractivity contribution >= 4 is 5.97 Å². The van der Waals surface area contributed by atoms with Gasteiger partial charge in [0, 0.05) is 0 Å². The molecule has 0 aromatic heterocycles. The second kappa shape index (κ2) is 5.22. The summed E-state index contributed by atoms with van der Waals surface area (Å²) >= 11 is 0. The average Bonchev–Trinajstić information content (AvgIpc) is 2.04. The smallest absolute Gasteiger partial charge is 0.354 e. The number of ether oxygens (including phenoxy) is 1. The molecule has 0 saturated heterocycles. The molecule has 0 aliphatic rings. The van der Waals surface area contributed by atoms with Gasteiger partial charge in [-0.2, -0.15) is 4.91 Å². The molecule has 0 spiro atoms. The molecule has 2 unspecified atom stereocenters. The second-order valence-electron chi connectivity index (χ2n) is 2.06. The third-order valence-electron chi connectivity index (χ3n) is 1.18. The molecule has 0 rings (SSSR count). The van der Waals surface area contributed by atoms with Gasteiger partial charge in [0.15, 0.2) is 0 Å². The van der Waals surface area contributed by atoms with Crippen LogP contribution in [0.5, 0.6) is 0 Å². The van der Waals surface area contributed by atoms with Crippen molar-refractivity contribution in [2.24, 2.45) is 5.22 Å². The number of azide groups is 1. The fraction of sp³-hybridized carbons (Fsp3) is 0.800. The molecule has 0 fully saturated rings. The molecule has 0 aromatic carbocycles. The minimum absolute atomic E-state index is 0.683. The highest BCUT2D eigenvalue weighted by Gasteiger charge is 2.26. The van der Waals surface area contributed by atoms with Crippen molar-refractivity contribution in [3.63, 3.8) is 0 Å². The van der Waals surface area contributed by atoms with Gasteiger partial charge in [0.1, 0.15) is 6.10 Å². The number of nitrogens with one attached hydrogen (secondary N) is 1. The van der Waals surface area contributed by atoms with Crippen LogP contribution in [0.2, 0.25) is 0 Å². The average molecular weight is 174 g/mol. The van der Waals surface area contributed by atoms with Crippen molar-refractivity contribution in [3.8, 4) is 0 Å². The van der Waals surface area contributed by atoms with E-state index in [1.165, 1.54) is 14.0 Å². The summed E-state index contributed by atoms with van der Waals surface area (Å²) in [5, 5.41) is 11.9. The molecule has 0 saturated carbocycles. The van der Waals surface area contributed by atoms with E-state index in [0.717, 1.165) is 0 Å². The monoisotopic (exact) mass is 174 g/mol. The zero-order valence-electron chi connectivity index (χ0n) is 6.76. The zero-order valence-corrected chi connectivity index (χ0v) is 6.76. The topological polar surface area (TPSA) is 107 Å². The van der Waals surface area contributed by atoms with E-state index < -0.39 is 18.1 Å². The highest BCUT2D eigenvalue weighted by atomic mass is 16.5. The summed E-state index contributed by atoms with van der Waals surface area (Å²) in [6.45, 7) is 1.38. The van der Waals surface area contributed by atoms with Crippen LogP contribution < -0.4 is 5.43 Å². The van der Waals surface area contributed by atoms with E-state index in [0.29, 0.717) is 0 Å². The summed E-state index contributed by atoms with van der Waals surface area (Å²) in [5.41, 5.74) is 10.0. The van der Waals surface area contributed by atoms with Gasteiger partial charge in [0.2, 0.25) is 6.04 Å². The van der Waals surface area contributed by atoms with Gasteiger partial charge in [-0.05, 0) is 12.1 Å². The number of nitrogens with zero attached hydrogens (tertiary/aromatic N) is 3. The van der Waals surface area contributed by atoms with Crippen molar-refractivity contribution in [1.29, 1.82) is 0 Å². The maximum atomic E-state index is 10.8. The number of rotatable bonds is 4. The van der Waals surface area contributed by atoms with E-state index in [2.05, 4.69) is 20.3 Å². The van der Waals surface area contributed by atoms with Crippen molar-refractivity contribution in [1.82, 2.24) is 5.43 Å². The second-order valence-corrected chi connectivity index (χ2v) is 2.06. The Labute approximate surface area is 68.9 Å². The molecule has 7 heteroatoms. The number of carbonyl (C=O) groups is 1. The molecule has 68 valence electrons. The van der Waals surface area contributed by atoms with Crippen LogP contribution in [0, 0.1) is 0 Å². The van der Waals surface area contributed by atoms with E-state index in [9.17, 15) is 4.79 Å². The minimum atomic E-state index is -1.02. The summed E-state index contributed by atoms with van der Waals surface area (Å²) in [5.74, 6) is -0.683. The molecule has 0 aliphatic carbocycles. The summed E-state index contributed by atoms with van der Waals surface area (Å²) in [7, 11) is 1.18. The van der Waals surface area contributed by atoms with Gasteiger partial charge in [-0.3, -0.25) is 0 Å². The molecule has 2 N–H and O–H groups in total. The Morgan fingerprint density at radius 1 is 1.83 bits per heavy atom. The van der Waals surface area contributed by atoms with E-state index in [4.69, 9.17) is 10.6 Å². The van der Waals surface area contributed by atoms with Gasteiger partial charge in [-0.1, -0.05) is 0 Å². The lowest BCUT2D eigenvalue weighted by Crippen LogP contribution is -2.42. The van der Waals surface area contributed by atoms with Crippen molar-refractivity contribution in [2.75, 3.05) is 7.11 Å². The van der Waals surface area contributed by atoms with Gasteiger partial charge in [-0.25, -0.2) is 10.2 Å². The first-order valence-corrected chi connectivity index (χ1v) is 3.19. The molecule has 2 atom stereocenters. The molecule has 0 amide bonds. The number of methoxy groups -OCH3 is 1. The number of carbonyl (C=O) groups excluding carboxylic acids is 1. The third-order valence-corrected chi connectivity index (χ3v) is 1.18. The molecule has 0 aliphatic heterocycles. The van der Waals surface area contributed by atoms with E-state index in [-0.39, 0.29) is 0 Å². The van der Waals surface area contributed by atoms with Crippen LogP contribution in [0.1, 0.15) is 6.92 Å². The Balaban J connectivity index is 4.22. The van der Waals surface area contributed by atoms with Gasteiger partial charge >= 0.3 is 5.97 Å². The van der Waals surface area contributed by atoms with E-state index in [1.54, 1.807) is 0 Å². The highest BCUT2D eigenvalue weighted by Crippen LogP contribution is 1.95. The molecular weight excluding hydrogens is 164 g/mol. The predicted molar refractivity (Wildman–Crippen MR) is 39.8 cm³/mol. The van der Waals surface area contributed by atoms with E-state index in [1.807, 2.05) is 0 Å². The van der Waals surface area contributed by atoms with Gasteiger partial charge in [0.05, 0.1) is 7.11 Å². The maximum absolute atomic E-state index is 10.8. The quantitative estimate of drug-likeness (QED) is 0.201. The van der Waals surface area contributed by atoms with Crippen LogP contribution in [0.4, 0.5) is 0 Å². The van der Waals surface area contributed by atoms with Crippen molar-refractivity contribution < 1.29 is 14.6 Å². The summed E-state index contributed by atoms with van der Waals surface area (Å²) in [6.07, 6.45) is -0.983. The van der Waals surface area contributed by atoms with Crippen LogP contribution in [0.25, 0.3) is 10.4 Å². The Morgan fingerprint density at radius 2 is 2.42 bits per heavy atom. The molecule has 0 radical (unpaired) electrons. The Kier molecular flexibility index (Phi) is 4.59. The van der Waals surface area contributed by atoms with Gasteiger partial charge in [0.25, 0.3) is 0 Å². The lowest BCUT2D eigenvalue weighted by molar-refractivity contribution is -0.145. The zero-order chi connectivity index (χ0) is 9.56. The first kappa shape index (κ1) is 10.5. The first-order chi connectivity index (χ1) is 5.63. The number of esters is 1. The first-order valence-electron chi connectivity index (χ1n) is 3.19. The number of hydrogen-bond acceptors (Lipinski definition) is 4. The Morgan fingerprint density at radius 3 is 2.75 bits per heavy atom. The van der Waals surface area contributed by atoms with Crippen LogP contribution in [-0.4, -0.2) is 30.3 Å². The van der Waals surface area contributed by atoms with Crippen LogP contribution >= 0.6 is 0 Å². The number of aliphatic hydroxyl groups excluding tert-OH is 1. The Bertz CT molecular complexity index is 199. The molecule has 0 heterocycles. The summed E-state index contributed by atoms with van der Waals surface area (Å²) < 4.78 is 4.33. The highest BCUT2D eigenvalue weighted by molar-refractivity contribution is 5.76. The van der Waals surface area contributed by atoms with Crippen LogP contribution in [0.15, 0.2) is 5.22 Å². The fourth-order valence-corrected chi connectivity index (χ4v) is 0.573. The van der Waals surface area contributed by atoms with Crippen molar-refractivity contribution in [3.05, 3.63) is 10.4 Å². The largest absolute Gasteiger partial charge is 0.466 e. The van der Waals surface area contributed by atoms with Crippen LogP contribution in [0.3, 0.4) is 0 Å². The van der Waals surface area contributed by atoms with Gasteiger partial charge < -0.3 is 9.84 Å². The maximum Gasteiger partial charge on any atom is 0.354 e. The molecule has 7 nitrogen and oxygen atoms in total. The van der Waals surface area contributed by atoms with Gasteiger partial charge in [-0.15, -0.1) is 5.53 Å². The van der Waals surface area contributed by atoms with E-state index >= 15 is 0 Å². The van der Waals surface area contributed by atoms with Crippen LogP contribution in [-0.2, 0) is 9.53 Å². The Hall–Kier alpha value is -1.46. The number of hydrogen-bond donors (Lipinski definition) is 2. The molecule has 0 bridgehead atoms. The normalized spacial score (nSPS) is 13.9. The predicted octanol–water partition coefficient (Wildman–Crippen LogP) is -0.276. The molecular formula is C5H10N4O3. The third kappa shape index (κ3) is 3.09.